The molecular weight excluding hydrogens is 250 g/mol. The number of rotatable bonds is 2. The third kappa shape index (κ3) is 2.90. The molecule has 0 spiro atoms. The maximum atomic E-state index is 6.33. The molecule has 0 atom stereocenters. The van der Waals surface area contributed by atoms with E-state index < -0.39 is 0 Å². The molecule has 0 aromatic heterocycles. The summed E-state index contributed by atoms with van der Waals surface area (Å²) >= 11 is 6.33. The number of benzene rings is 1. The highest BCUT2D eigenvalue weighted by atomic mass is 35.5. The van der Waals surface area contributed by atoms with Crippen molar-refractivity contribution in [3.8, 4) is 11.5 Å². The summed E-state index contributed by atoms with van der Waals surface area (Å²) in [4.78, 5) is 0. The Bertz CT molecular complexity index is 452. The lowest BCUT2D eigenvalue weighted by Crippen LogP contribution is -2.34. The number of fused-ring (bicyclic) bond motifs is 1. The van der Waals surface area contributed by atoms with Crippen molar-refractivity contribution < 1.29 is 9.47 Å². The van der Waals surface area contributed by atoms with Gasteiger partial charge in [-0.15, -0.1) is 0 Å². The fourth-order valence-electron chi connectivity index (χ4n) is 2.14. The van der Waals surface area contributed by atoms with E-state index in [1.165, 1.54) is 0 Å². The minimum absolute atomic E-state index is 0.297. The lowest BCUT2D eigenvalue weighted by atomic mass is 9.92. The van der Waals surface area contributed by atoms with Crippen molar-refractivity contribution in [2.45, 2.75) is 39.2 Å². The second kappa shape index (κ2) is 4.98. The minimum atomic E-state index is -0.297. The van der Waals surface area contributed by atoms with Crippen molar-refractivity contribution in [3.63, 3.8) is 0 Å². The van der Waals surface area contributed by atoms with Gasteiger partial charge in [-0.25, -0.2) is 0 Å². The molecular formula is C14H20ClNO2. The highest BCUT2D eigenvalue weighted by Crippen LogP contribution is 2.40. The summed E-state index contributed by atoms with van der Waals surface area (Å²) in [5, 5.41) is 0.704. The summed E-state index contributed by atoms with van der Waals surface area (Å²) in [6, 6.07) is 1.84. The summed E-state index contributed by atoms with van der Waals surface area (Å²) in [6.45, 7) is 7.35. The van der Waals surface area contributed by atoms with Gasteiger partial charge in [0.05, 0.1) is 13.2 Å². The zero-order valence-corrected chi connectivity index (χ0v) is 11.9. The predicted molar refractivity (Wildman–Crippen MR) is 73.8 cm³/mol. The number of ether oxygens (including phenoxy) is 2. The fourth-order valence-corrected chi connectivity index (χ4v) is 2.45. The first kappa shape index (κ1) is 13.5. The molecule has 3 nitrogen and oxygen atoms in total. The minimum Gasteiger partial charge on any atom is -0.489 e. The molecule has 0 fully saturated rings. The number of hydrogen-bond acceptors (Lipinski definition) is 3. The van der Waals surface area contributed by atoms with Gasteiger partial charge in [0.15, 0.2) is 11.5 Å². The normalized spacial score (nSPS) is 15.4. The maximum Gasteiger partial charge on any atom is 0.164 e. The van der Waals surface area contributed by atoms with E-state index in [-0.39, 0.29) is 5.54 Å². The van der Waals surface area contributed by atoms with Gasteiger partial charge in [0, 0.05) is 23.0 Å². The van der Waals surface area contributed by atoms with Crippen LogP contribution >= 0.6 is 11.6 Å². The molecule has 2 rings (SSSR count). The van der Waals surface area contributed by atoms with Gasteiger partial charge in [-0.05, 0) is 38.3 Å². The SMILES string of the molecule is Cc1c(CC(C)(C)N)c(Cl)cc2c1OCCCO2. The molecule has 1 aliphatic heterocycles. The first-order chi connectivity index (χ1) is 8.38. The van der Waals surface area contributed by atoms with E-state index in [2.05, 4.69) is 0 Å². The van der Waals surface area contributed by atoms with Crippen LogP contribution in [0.25, 0.3) is 0 Å². The molecule has 0 radical (unpaired) electrons. The average Bonchev–Trinajstić information content (AvgIpc) is 2.48. The Morgan fingerprint density at radius 2 is 2.00 bits per heavy atom. The Kier molecular flexibility index (Phi) is 3.74. The monoisotopic (exact) mass is 269 g/mol. The largest absolute Gasteiger partial charge is 0.489 e. The van der Waals surface area contributed by atoms with Gasteiger partial charge >= 0.3 is 0 Å². The van der Waals surface area contributed by atoms with E-state index in [4.69, 9.17) is 26.8 Å². The first-order valence-corrected chi connectivity index (χ1v) is 6.63. The van der Waals surface area contributed by atoms with Crippen LogP contribution in [0.2, 0.25) is 5.02 Å². The molecule has 18 heavy (non-hydrogen) atoms. The van der Waals surface area contributed by atoms with Gasteiger partial charge < -0.3 is 15.2 Å². The lowest BCUT2D eigenvalue weighted by molar-refractivity contribution is 0.296. The van der Waals surface area contributed by atoms with Crippen LogP contribution in [0.5, 0.6) is 11.5 Å². The second-order valence-electron chi connectivity index (χ2n) is 5.51. The van der Waals surface area contributed by atoms with Crippen LogP contribution in [-0.2, 0) is 6.42 Å². The van der Waals surface area contributed by atoms with Crippen molar-refractivity contribution in [2.24, 2.45) is 5.73 Å². The van der Waals surface area contributed by atoms with Gasteiger partial charge in [0.25, 0.3) is 0 Å². The van der Waals surface area contributed by atoms with Gasteiger partial charge in [0.2, 0.25) is 0 Å². The van der Waals surface area contributed by atoms with Crippen LogP contribution in [-0.4, -0.2) is 18.8 Å². The molecule has 1 aliphatic rings. The molecule has 100 valence electrons. The van der Waals surface area contributed by atoms with Crippen molar-refractivity contribution >= 4 is 11.6 Å². The van der Waals surface area contributed by atoms with Crippen molar-refractivity contribution in [1.29, 1.82) is 0 Å². The first-order valence-electron chi connectivity index (χ1n) is 6.25. The molecule has 0 aliphatic carbocycles. The Hall–Kier alpha value is -0.930. The van der Waals surface area contributed by atoms with Gasteiger partial charge in [-0.3, -0.25) is 0 Å². The molecule has 2 N–H and O–H groups in total. The third-order valence-electron chi connectivity index (χ3n) is 2.99. The molecule has 0 amide bonds. The molecule has 0 bridgehead atoms. The summed E-state index contributed by atoms with van der Waals surface area (Å²) in [6.07, 6.45) is 1.61. The second-order valence-corrected chi connectivity index (χ2v) is 5.91. The molecule has 4 heteroatoms. The fraction of sp³-hybridized carbons (Fsp3) is 0.571. The van der Waals surface area contributed by atoms with Gasteiger partial charge in [-0.1, -0.05) is 11.6 Å². The zero-order valence-electron chi connectivity index (χ0n) is 11.2. The molecule has 1 aromatic rings. The molecule has 0 unspecified atom stereocenters. The van der Waals surface area contributed by atoms with Gasteiger partial charge in [-0.2, -0.15) is 0 Å². The standard InChI is InChI=1S/C14H20ClNO2/c1-9-10(8-14(2,3)16)11(15)7-12-13(9)18-6-4-5-17-12/h7H,4-6,8,16H2,1-3H3. The van der Waals surface area contributed by atoms with E-state index >= 15 is 0 Å². The third-order valence-corrected chi connectivity index (χ3v) is 3.33. The van der Waals surface area contributed by atoms with Crippen LogP contribution in [0.15, 0.2) is 6.07 Å². The number of hydrogen-bond donors (Lipinski definition) is 1. The summed E-state index contributed by atoms with van der Waals surface area (Å²) in [7, 11) is 0. The topological polar surface area (TPSA) is 44.5 Å². The van der Waals surface area contributed by atoms with Crippen molar-refractivity contribution in [1.82, 2.24) is 0 Å². The number of halogens is 1. The van der Waals surface area contributed by atoms with E-state index in [1.54, 1.807) is 0 Å². The van der Waals surface area contributed by atoms with E-state index in [1.807, 2.05) is 26.8 Å². The van der Waals surface area contributed by atoms with Crippen LogP contribution in [0, 0.1) is 6.92 Å². The highest BCUT2D eigenvalue weighted by molar-refractivity contribution is 6.31. The molecule has 0 saturated heterocycles. The highest BCUT2D eigenvalue weighted by Gasteiger charge is 2.22. The van der Waals surface area contributed by atoms with Crippen molar-refractivity contribution in [3.05, 3.63) is 22.2 Å². The van der Waals surface area contributed by atoms with Gasteiger partial charge in [0.1, 0.15) is 0 Å². The Morgan fingerprint density at radius 1 is 1.33 bits per heavy atom. The van der Waals surface area contributed by atoms with Crippen LogP contribution in [0.4, 0.5) is 0 Å². The quantitative estimate of drug-likeness (QED) is 0.897. The number of nitrogens with two attached hydrogens (primary N) is 1. The van der Waals surface area contributed by atoms with Crippen LogP contribution in [0.3, 0.4) is 0 Å². The predicted octanol–water partition coefficient (Wildman–Crippen LogP) is 3.09. The Labute approximate surface area is 113 Å². The Morgan fingerprint density at radius 3 is 2.67 bits per heavy atom. The van der Waals surface area contributed by atoms with E-state index in [0.717, 1.165) is 29.0 Å². The maximum absolute atomic E-state index is 6.33. The molecule has 0 saturated carbocycles. The Balaban J connectivity index is 2.45. The summed E-state index contributed by atoms with van der Waals surface area (Å²) < 4.78 is 11.4. The van der Waals surface area contributed by atoms with Crippen LogP contribution in [0.1, 0.15) is 31.4 Å². The lowest BCUT2D eigenvalue weighted by Gasteiger charge is -2.22. The summed E-state index contributed by atoms with van der Waals surface area (Å²) in [5.74, 6) is 1.56. The molecule has 1 heterocycles. The molecule has 1 aromatic carbocycles. The average molecular weight is 270 g/mol. The summed E-state index contributed by atoms with van der Waals surface area (Å²) in [5.41, 5.74) is 7.87. The smallest absolute Gasteiger partial charge is 0.164 e. The van der Waals surface area contributed by atoms with Crippen LogP contribution < -0.4 is 15.2 Å². The van der Waals surface area contributed by atoms with E-state index in [9.17, 15) is 0 Å². The zero-order chi connectivity index (χ0) is 13.3. The van der Waals surface area contributed by atoms with Crippen molar-refractivity contribution in [2.75, 3.05) is 13.2 Å². The van der Waals surface area contributed by atoms with E-state index in [0.29, 0.717) is 24.7 Å².